The van der Waals surface area contributed by atoms with Gasteiger partial charge >= 0.3 is 0 Å². The van der Waals surface area contributed by atoms with Gasteiger partial charge in [0.2, 0.25) is 18.2 Å². The summed E-state index contributed by atoms with van der Waals surface area (Å²) in [5.74, 6) is -3.49. The van der Waals surface area contributed by atoms with Gasteiger partial charge in [0.05, 0.1) is 40.2 Å². The molecule has 11 nitrogen and oxygen atoms in total. The van der Waals surface area contributed by atoms with Crippen LogP contribution in [0.15, 0.2) is 42.7 Å². The van der Waals surface area contributed by atoms with Crippen molar-refractivity contribution in [1.29, 1.82) is 0 Å². The van der Waals surface area contributed by atoms with E-state index in [9.17, 15) is 29.4 Å². The molecule has 3 N–H and O–H groups in total. The Bertz CT molecular complexity index is 1420. The Morgan fingerprint density at radius 1 is 1.41 bits per heavy atom. The molecule has 0 radical (unpaired) electrons. The Balaban J connectivity index is 1.51. The van der Waals surface area contributed by atoms with E-state index >= 15 is 0 Å². The molecule has 0 saturated carbocycles. The van der Waals surface area contributed by atoms with Gasteiger partial charge in [-0.2, -0.15) is 4.57 Å². The second kappa shape index (κ2) is 7.85. The summed E-state index contributed by atoms with van der Waals surface area (Å²) in [6.07, 6.45) is 5.60. The molecule has 174 valence electrons. The van der Waals surface area contributed by atoms with Crippen molar-refractivity contribution in [2.75, 3.05) is 0 Å². The van der Waals surface area contributed by atoms with Crippen molar-refractivity contribution in [2.24, 2.45) is 11.7 Å². The van der Waals surface area contributed by atoms with E-state index in [-0.39, 0.29) is 30.1 Å². The average molecular weight is 481 g/mol. The number of pyridine rings is 1. The van der Waals surface area contributed by atoms with Gasteiger partial charge in [-0.25, -0.2) is 4.98 Å². The first-order valence-electron chi connectivity index (χ1n) is 10.4. The second-order valence-electron chi connectivity index (χ2n) is 8.32. The van der Waals surface area contributed by atoms with Crippen LogP contribution in [0.2, 0.25) is 0 Å². The maximum Gasteiger partial charge on any atom is 0.283 e. The standard InChI is InChI=1S/C22H19N5O6S/c1-10(28)16-13-5-12(18(22(32)33)27(13)20(16)31)14-7-26-9-24-17(21(26)34-14)19(30)11-3-2-4-25(6-11)8-15(23)29/h2-4,6-7,9-10,13,16,28H,5,8H2,1H3,(H2-,23,29,32,33)/t10-,13-,16-/m1/s1. The maximum absolute atomic E-state index is 13.1. The van der Waals surface area contributed by atoms with E-state index in [0.717, 1.165) is 0 Å². The van der Waals surface area contributed by atoms with Gasteiger partial charge in [0.15, 0.2) is 12.4 Å². The number of nitrogens with zero attached hydrogens (tertiary/aromatic N) is 4. The summed E-state index contributed by atoms with van der Waals surface area (Å²) in [4.78, 5) is 55.1. The Hall–Kier alpha value is -3.90. The Labute approximate surface area is 196 Å². The van der Waals surface area contributed by atoms with Crippen LogP contribution in [0.1, 0.15) is 34.3 Å². The van der Waals surface area contributed by atoms with Crippen molar-refractivity contribution in [3.05, 3.63) is 58.9 Å². The third-order valence-electron chi connectivity index (χ3n) is 6.10. The van der Waals surface area contributed by atoms with Crippen LogP contribution in [0.3, 0.4) is 0 Å². The van der Waals surface area contributed by atoms with Crippen LogP contribution >= 0.6 is 11.3 Å². The number of carbonyl (C=O) groups is 4. The van der Waals surface area contributed by atoms with Crippen molar-refractivity contribution in [1.82, 2.24) is 14.3 Å². The van der Waals surface area contributed by atoms with Gasteiger partial charge in [0.1, 0.15) is 16.9 Å². The summed E-state index contributed by atoms with van der Waals surface area (Å²) in [7, 11) is 0. The smallest absolute Gasteiger partial charge is 0.283 e. The molecule has 0 aliphatic carbocycles. The number of thiazole rings is 1. The number of primary amides is 1. The molecule has 5 rings (SSSR count). The molecule has 0 aromatic carbocycles. The quantitative estimate of drug-likeness (QED) is 0.235. The van der Waals surface area contributed by atoms with E-state index in [1.165, 1.54) is 40.3 Å². The normalized spacial score (nSPS) is 20.4. The number of rotatable bonds is 7. The van der Waals surface area contributed by atoms with Crippen LogP contribution in [0.4, 0.5) is 0 Å². The van der Waals surface area contributed by atoms with Crippen LogP contribution in [-0.4, -0.2) is 55.1 Å². The summed E-state index contributed by atoms with van der Waals surface area (Å²) >= 11 is 1.18. The van der Waals surface area contributed by atoms with Gasteiger partial charge < -0.3 is 25.6 Å². The number of aliphatic hydroxyl groups is 1. The van der Waals surface area contributed by atoms with E-state index in [4.69, 9.17) is 5.73 Å². The maximum atomic E-state index is 13.1. The minimum atomic E-state index is -1.47. The van der Waals surface area contributed by atoms with Crippen LogP contribution in [0.5, 0.6) is 0 Å². The van der Waals surface area contributed by atoms with E-state index < -0.39 is 35.8 Å². The molecule has 5 heterocycles. The van der Waals surface area contributed by atoms with Gasteiger partial charge in [-0.3, -0.25) is 18.8 Å². The number of ketones is 1. The van der Waals surface area contributed by atoms with Crippen molar-refractivity contribution >= 4 is 45.3 Å². The van der Waals surface area contributed by atoms with Gasteiger partial charge in [0, 0.05) is 12.3 Å². The number of aromatic nitrogens is 3. The molecule has 2 amide bonds. The fraction of sp³-hybridized carbons (Fsp3) is 0.273. The fourth-order valence-electron chi connectivity index (χ4n) is 4.65. The first-order valence-corrected chi connectivity index (χ1v) is 11.2. The van der Waals surface area contributed by atoms with Crippen LogP contribution in [-0.2, 0) is 20.9 Å². The lowest BCUT2D eigenvalue weighted by Gasteiger charge is -2.45. The molecule has 12 heteroatoms. The number of nitrogens with two attached hydrogens (primary N) is 1. The van der Waals surface area contributed by atoms with Gasteiger partial charge in [-0.05, 0) is 25.0 Å². The number of carboxylic acids is 1. The molecule has 3 atom stereocenters. The lowest BCUT2D eigenvalue weighted by molar-refractivity contribution is -0.684. The number of carbonyl (C=O) groups excluding carboxylic acids is 4. The highest BCUT2D eigenvalue weighted by atomic mass is 32.1. The molecular formula is C22H19N5O6S. The first-order chi connectivity index (χ1) is 16.2. The monoisotopic (exact) mass is 481 g/mol. The molecule has 1 saturated heterocycles. The SMILES string of the molecule is C[C@@H](O)[C@H]1C(=O)N2C(C(=O)[O-])=C(c3cn4cnc(C(=O)c5ccc[n+](CC(N)=O)c5)c4s3)C[C@H]12. The molecule has 1 fully saturated rings. The number of aliphatic hydroxyl groups excluding tert-OH is 1. The van der Waals surface area contributed by atoms with Crippen molar-refractivity contribution < 1.29 is 34.0 Å². The van der Waals surface area contributed by atoms with E-state index in [1.807, 2.05) is 0 Å². The second-order valence-corrected chi connectivity index (χ2v) is 9.35. The minimum absolute atomic E-state index is 0.0765. The number of amides is 2. The highest BCUT2D eigenvalue weighted by Gasteiger charge is 2.55. The lowest BCUT2D eigenvalue weighted by atomic mass is 9.83. The number of carboxylic acid groups (broad SMARTS) is 1. The molecule has 34 heavy (non-hydrogen) atoms. The third-order valence-corrected chi connectivity index (χ3v) is 7.27. The number of β-lactam (4-membered cyclic amide) rings is 1. The molecule has 3 aromatic heterocycles. The lowest BCUT2D eigenvalue weighted by Crippen LogP contribution is -2.62. The predicted octanol–water partition coefficient (Wildman–Crippen LogP) is -1.53. The molecular weight excluding hydrogens is 462 g/mol. The summed E-state index contributed by atoms with van der Waals surface area (Å²) in [5, 5.41) is 21.8. The van der Waals surface area contributed by atoms with E-state index in [2.05, 4.69) is 4.98 Å². The predicted molar refractivity (Wildman–Crippen MR) is 115 cm³/mol. The van der Waals surface area contributed by atoms with Crippen LogP contribution < -0.4 is 15.4 Å². The summed E-state index contributed by atoms with van der Waals surface area (Å²) in [5.41, 5.74) is 5.93. The zero-order valence-electron chi connectivity index (χ0n) is 17.9. The first kappa shape index (κ1) is 21.9. The molecule has 0 bridgehead atoms. The topological polar surface area (TPSA) is 162 Å². The highest BCUT2D eigenvalue weighted by Crippen LogP contribution is 2.48. The van der Waals surface area contributed by atoms with Gasteiger partial charge in [-0.1, -0.05) is 0 Å². The Kier molecular flexibility index (Phi) is 5.06. The van der Waals surface area contributed by atoms with E-state index in [1.54, 1.807) is 28.9 Å². The largest absolute Gasteiger partial charge is 0.543 e. The van der Waals surface area contributed by atoms with Crippen LogP contribution in [0.25, 0.3) is 10.4 Å². The molecule has 3 aromatic rings. The zero-order valence-corrected chi connectivity index (χ0v) is 18.7. The van der Waals surface area contributed by atoms with Crippen LogP contribution in [0, 0.1) is 5.92 Å². The molecule has 0 unspecified atom stereocenters. The summed E-state index contributed by atoms with van der Waals surface area (Å²) < 4.78 is 3.12. The summed E-state index contributed by atoms with van der Waals surface area (Å²) in [6, 6.07) is 2.78. The van der Waals surface area contributed by atoms with Crippen molar-refractivity contribution in [3.63, 3.8) is 0 Å². The Morgan fingerprint density at radius 3 is 2.85 bits per heavy atom. The molecule has 2 aliphatic heterocycles. The average Bonchev–Trinajstić information content (AvgIpc) is 3.43. The highest BCUT2D eigenvalue weighted by molar-refractivity contribution is 7.18. The third kappa shape index (κ3) is 3.30. The zero-order chi connectivity index (χ0) is 24.3. The van der Waals surface area contributed by atoms with Crippen molar-refractivity contribution in [2.45, 2.75) is 32.0 Å². The fourth-order valence-corrected chi connectivity index (χ4v) is 5.77. The van der Waals surface area contributed by atoms with Crippen molar-refractivity contribution in [3.8, 4) is 0 Å². The molecule has 0 spiro atoms. The number of hydrogen-bond acceptors (Lipinski definition) is 8. The van der Waals surface area contributed by atoms with Gasteiger partial charge in [0.25, 0.3) is 5.91 Å². The Morgan fingerprint density at radius 2 is 2.18 bits per heavy atom. The number of fused-ring (bicyclic) bond motifs is 2. The number of imidazole rings is 1. The summed E-state index contributed by atoms with van der Waals surface area (Å²) in [6.45, 7) is 1.43. The number of aliphatic carboxylic acids is 1. The minimum Gasteiger partial charge on any atom is -0.543 e. The van der Waals surface area contributed by atoms with Gasteiger partial charge in [-0.15, -0.1) is 11.3 Å². The number of hydrogen-bond donors (Lipinski definition) is 2. The van der Waals surface area contributed by atoms with E-state index in [0.29, 0.717) is 20.8 Å². The molecule has 2 aliphatic rings.